The van der Waals surface area contributed by atoms with Crippen LogP contribution in [0.2, 0.25) is 0 Å². The summed E-state index contributed by atoms with van der Waals surface area (Å²) in [6.07, 6.45) is 5.17. The van der Waals surface area contributed by atoms with Crippen LogP contribution in [0.1, 0.15) is 19.3 Å². The lowest BCUT2D eigenvalue weighted by atomic mass is 10.0. The summed E-state index contributed by atoms with van der Waals surface area (Å²) in [5, 5.41) is 0. The van der Waals surface area contributed by atoms with Crippen LogP contribution in [-0.2, 0) is 4.79 Å². The third-order valence-electron chi connectivity index (χ3n) is 2.76. The number of hydrogen-bond acceptors (Lipinski definition) is 4. The molecule has 2 heterocycles. The van der Waals surface area contributed by atoms with Gasteiger partial charge in [0.1, 0.15) is 10.8 Å². The molecule has 1 aromatic heterocycles. The van der Waals surface area contributed by atoms with Gasteiger partial charge in [-0.1, -0.05) is 0 Å². The first-order valence-corrected chi connectivity index (χ1v) is 5.98. The summed E-state index contributed by atoms with van der Waals surface area (Å²) < 4.78 is 0.392. The number of halogens is 1. The fraction of sp³-hybridized carbons (Fsp3) is 0.500. The number of aromatic nitrogens is 2. The van der Waals surface area contributed by atoms with Gasteiger partial charge in [0.15, 0.2) is 5.82 Å². The molecule has 0 saturated carbocycles. The summed E-state index contributed by atoms with van der Waals surface area (Å²) >= 11 is 3.21. The molecule has 0 spiro atoms. The van der Waals surface area contributed by atoms with E-state index in [-0.39, 0.29) is 11.6 Å². The van der Waals surface area contributed by atoms with E-state index >= 15 is 0 Å². The van der Waals surface area contributed by atoms with E-state index in [4.69, 9.17) is 0 Å². The molecule has 1 aliphatic heterocycles. The minimum absolute atomic E-state index is 0.167. The second-order valence-corrected chi connectivity index (χ2v) is 4.55. The average molecular weight is 286 g/mol. The highest BCUT2D eigenvalue weighted by Crippen LogP contribution is 2.25. The van der Waals surface area contributed by atoms with Gasteiger partial charge in [-0.15, -0.1) is 0 Å². The van der Waals surface area contributed by atoms with E-state index in [1.54, 1.807) is 0 Å². The summed E-state index contributed by atoms with van der Waals surface area (Å²) in [6, 6.07) is -0.167. The van der Waals surface area contributed by atoms with Crippen LogP contribution in [0.25, 0.3) is 0 Å². The second-order valence-electron chi connectivity index (χ2n) is 3.76. The van der Waals surface area contributed by atoms with Crippen molar-refractivity contribution in [2.45, 2.75) is 25.3 Å². The first-order chi connectivity index (χ1) is 7.74. The molecule has 6 heteroatoms. The van der Waals surface area contributed by atoms with Crippen molar-refractivity contribution in [1.82, 2.24) is 9.97 Å². The molecule has 5 nitrogen and oxygen atoms in total. The van der Waals surface area contributed by atoms with Gasteiger partial charge in [0.25, 0.3) is 5.56 Å². The van der Waals surface area contributed by atoms with Crippen molar-refractivity contribution in [2.24, 2.45) is 0 Å². The maximum Gasteiger partial charge on any atom is 0.267 e. The zero-order valence-corrected chi connectivity index (χ0v) is 10.2. The Labute approximate surface area is 101 Å². The van der Waals surface area contributed by atoms with Crippen LogP contribution in [0.5, 0.6) is 0 Å². The Bertz CT molecular complexity index is 446. The van der Waals surface area contributed by atoms with Crippen molar-refractivity contribution in [2.75, 3.05) is 11.4 Å². The number of hydrogen-bond donors (Lipinski definition) is 1. The van der Waals surface area contributed by atoms with Crippen LogP contribution in [0, 0.1) is 0 Å². The zero-order chi connectivity index (χ0) is 11.5. The quantitative estimate of drug-likeness (QED) is 0.826. The van der Waals surface area contributed by atoms with E-state index in [1.165, 1.54) is 6.33 Å². The number of H-pyrrole nitrogens is 1. The summed E-state index contributed by atoms with van der Waals surface area (Å²) in [5.74, 6) is 0.556. The zero-order valence-electron chi connectivity index (χ0n) is 8.65. The lowest BCUT2D eigenvalue weighted by Crippen LogP contribution is -2.42. The van der Waals surface area contributed by atoms with Crippen LogP contribution < -0.4 is 10.5 Å². The minimum atomic E-state index is -0.222. The van der Waals surface area contributed by atoms with Gasteiger partial charge < -0.3 is 14.7 Å². The summed E-state index contributed by atoms with van der Waals surface area (Å²) in [5.41, 5.74) is -0.222. The molecule has 1 unspecified atom stereocenters. The van der Waals surface area contributed by atoms with Crippen LogP contribution in [-0.4, -0.2) is 28.8 Å². The number of rotatable bonds is 2. The molecule has 1 fully saturated rings. The maximum atomic E-state index is 11.4. The Morgan fingerprint density at radius 1 is 1.56 bits per heavy atom. The first-order valence-electron chi connectivity index (χ1n) is 5.19. The number of aromatic amines is 1. The number of nitrogens with one attached hydrogen (secondary N) is 1. The van der Waals surface area contributed by atoms with Gasteiger partial charge in [-0.25, -0.2) is 4.98 Å². The molecule has 0 bridgehead atoms. The predicted molar refractivity (Wildman–Crippen MR) is 63.6 cm³/mol. The number of carbonyl (C=O) groups is 1. The number of aldehydes is 1. The number of anilines is 1. The SMILES string of the molecule is O=CC1CCCCN1c1nc[nH]c(=O)c1Br. The second kappa shape index (κ2) is 4.78. The number of nitrogens with zero attached hydrogens (tertiary/aromatic N) is 2. The summed E-state index contributed by atoms with van der Waals surface area (Å²) in [4.78, 5) is 30.9. The molecule has 2 rings (SSSR count). The van der Waals surface area contributed by atoms with Crippen LogP contribution in [0.4, 0.5) is 5.82 Å². The van der Waals surface area contributed by atoms with Crippen LogP contribution in [0.15, 0.2) is 15.6 Å². The van der Waals surface area contributed by atoms with Gasteiger partial charge in [-0.3, -0.25) is 4.79 Å². The van der Waals surface area contributed by atoms with E-state index in [0.29, 0.717) is 10.3 Å². The fourth-order valence-corrected chi connectivity index (χ4v) is 2.38. The van der Waals surface area contributed by atoms with Crippen molar-refractivity contribution < 1.29 is 4.79 Å². The largest absolute Gasteiger partial charge is 0.346 e. The Kier molecular flexibility index (Phi) is 3.38. The molecule has 16 heavy (non-hydrogen) atoms. The number of piperidine rings is 1. The lowest BCUT2D eigenvalue weighted by Gasteiger charge is -2.33. The standard InChI is InChI=1S/C10H12BrN3O2/c11-8-9(12-6-13-10(8)16)14-4-2-1-3-7(14)5-15/h5-7H,1-4H2,(H,12,13,16). The molecule has 1 saturated heterocycles. The summed E-state index contributed by atoms with van der Waals surface area (Å²) in [7, 11) is 0. The van der Waals surface area contributed by atoms with E-state index in [1.807, 2.05) is 4.90 Å². The van der Waals surface area contributed by atoms with Crippen molar-refractivity contribution in [3.63, 3.8) is 0 Å². The highest BCUT2D eigenvalue weighted by atomic mass is 79.9. The molecule has 0 aromatic carbocycles. The van der Waals surface area contributed by atoms with E-state index in [2.05, 4.69) is 25.9 Å². The Hall–Kier alpha value is -1.17. The van der Waals surface area contributed by atoms with Gasteiger partial charge in [-0.05, 0) is 35.2 Å². The highest BCUT2D eigenvalue weighted by molar-refractivity contribution is 9.10. The topological polar surface area (TPSA) is 66.1 Å². The Morgan fingerprint density at radius 2 is 2.38 bits per heavy atom. The predicted octanol–water partition coefficient (Wildman–Crippen LogP) is 1.09. The minimum Gasteiger partial charge on any atom is -0.346 e. The first kappa shape index (κ1) is 11.3. The van der Waals surface area contributed by atoms with Crippen LogP contribution in [0.3, 0.4) is 0 Å². The van der Waals surface area contributed by atoms with E-state index < -0.39 is 0 Å². The fourth-order valence-electron chi connectivity index (χ4n) is 1.94. The van der Waals surface area contributed by atoms with Gasteiger partial charge >= 0.3 is 0 Å². The Morgan fingerprint density at radius 3 is 3.12 bits per heavy atom. The third-order valence-corrected chi connectivity index (χ3v) is 3.47. The number of carbonyl (C=O) groups excluding carboxylic acids is 1. The molecule has 1 aliphatic rings. The van der Waals surface area contributed by atoms with E-state index in [0.717, 1.165) is 32.1 Å². The molecule has 86 valence electrons. The van der Waals surface area contributed by atoms with Gasteiger partial charge in [0.2, 0.25) is 0 Å². The third kappa shape index (κ3) is 2.02. The van der Waals surface area contributed by atoms with Crippen molar-refractivity contribution in [1.29, 1.82) is 0 Å². The van der Waals surface area contributed by atoms with Crippen LogP contribution >= 0.6 is 15.9 Å². The average Bonchev–Trinajstić information content (AvgIpc) is 2.33. The smallest absolute Gasteiger partial charge is 0.267 e. The van der Waals surface area contributed by atoms with Crippen molar-refractivity contribution in [3.8, 4) is 0 Å². The van der Waals surface area contributed by atoms with Gasteiger partial charge in [0, 0.05) is 6.54 Å². The molecule has 0 aliphatic carbocycles. The summed E-state index contributed by atoms with van der Waals surface area (Å²) in [6.45, 7) is 0.762. The van der Waals surface area contributed by atoms with Gasteiger partial charge in [-0.2, -0.15) is 0 Å². The Balaban J connectivity index is 2.38. The van der Waals surface area contributed by atoms with Gasteiger partial charge in [0.05, 0.1) is 12.4 Å². The molecule has 1 aromatic rings. The molecular weight excluding hydrogens is 274 g/mol. The highest BCUT2D eigenvalue weighted by Gasteiger charge is 2.25. The lowest BCUT2D eigenvalue weighted by molar-refractivity contribution is -0.109. The van der Waals surface area contributed by atoms with E-state index in [9.17, 15) is 9.59 Å². The van der Waals surface area contributed by atoms with Crippen molar-refractivity contribution >= 4 is 28.0 Å². The maximum absolute atomic E-state index is 11.4. The molecule has 0 radical (unpaired) electrons. The molecule has 1 atom stereocenters. The monoisotopic (exact) mass is 285 g/mol. The normalized spacial score (nSPS) is 20.8. The molecule has 1 N–H and O–H groups in total. The van der Waals surface area contributed by atoms with Crippen molar-refractivity contribution in [3.05, 3.63) is 21.2 Å². The molecule has 0 amide bonds. The molecular formula is C10H12BrN3O2.